The number of ketones is 1. The lowest BCUT2D eigenvalue weighted by Gasteiger charge is -2.23. The summed E-state index contributed by atoms with van der Waals surface area (Å²) >= 11 is 0. The molecular formula is C11H21NO3S. The maximum Gasteiger partial charge on any atom is 0.215 e. The first-order chi connectivity index (χ1) is 7.47. The summed E-state index contributed by atoms with van der Waals surface area (Å²) in [7, 11) is -3.31. The molecule has 0 amide bonds. The van der Waals surface area contributed by atoms with Crippen LogP contribution in [0.4, 0.5) is 0 Å². The summed E-state index contributed by atoms with van der Waals surface area (Å²) in [4.78, 5) is 11.3. The highest BCUT2D eigenvalue weighted by atomic mass is 32.2. The number of sulfonamides is 1. The minimum atomic E-state index is -3.31. The Balaban J connectivity index is 2.60. The summed E-state index contributed by atoms with van der Waals surface area (Å²) in [5.74, 6) is -0.0561. The van der Waals surface area contributed by atoms with E-state index in [1.54, 1.807) is 13.8 Å². The third-order valence-electron chi connectivity index (χ3n) is 3.16. The molecule has 0 aromatic rings. The summed E-state index contributed by atoms with van der Waals surface area (Å²) < 4.78 is 26.4. The molecule has 0 heterocycles. The van der Waals surface area contributed by atoms with Crippen LogP contribution in [0.1, 0.15) is 52.4 Å². The minimum Gasteiger partial charge on any atom is -0.298 e. The van der Waals surface area contributed by atoms with Gasteiger partial charge in [0.1, 0.15) is 5.78 Å². The van der Waals surface area contributed by atoms with E-state index in [1.165, 1.54) is 0 Å². The standard InChI is InChI=1S/C11H21NO3S/c1-3-11(13)9(2)12-16(14,15)10-7-5-4-6-8-10/h9-10,12H,3-8H2,1-2H3. The quantitative estimate of drug-likeness (QED) is 0.802. The molecule has 0 bridgehead atoms. The normalized spacial score (nSPS) is 20.6. The lowest BCUT2D eigenvalue weighted by atomic mass is 10.0. The molecule has 16 heavy (non-hydrogen) atoms. The van der Waals surface area contributed by atoms with Gasteiger partial charge in [-0.3, -0.25) is 4.79 Å². The van der Waals surface area contributed by atoms with Gasteiger partial charge in [-0.2, -0.15) is 0 Å². The second-order valence-corrected chi connectivity index (χ2v) is 6.46. The summed E-state index contributed by atoms with van der Waals surface area (Å²) in [5.41, 5.74) is 0. The van der Waals surface area contributed by atoms with E-state index in [1.807, 2.05) is 0 Å². The lowest BCUT2D eigenvalue weighted by Crippen LogP contribution is -2.43. The van der Waals surface area contributed by atoms with E-state index in [0.29, 0.717) is 6.42 Å². The fourth-order valence-electron chi connectivity index (χ4n) is 2.09. The van der Waals surface area contributed by atoms with Crippen LogP contribution in [0.3, 0.4) is 0 Å². The van der Waals surface area contributed by atoms with Crippen molar-refractivity contribution in [1.29, 1.82) is 0 Å². The van der Waals surface area contributed by atoms with Gasteiger partial charge in [0.2, 0.25) is 10.0 Å². The first-order valence-corrected chi connectivity index (χ1v) is 7.56. The molecule has 94 valence electrons. The van der Waals surface area contributed by atoms with E-state index in [-0.39, 0.29) is 11.0 Å². The van der Waals surface area contributed by atoms with Gasteiger partial charge in [0.15, 0.2) is 0 Å². The molecule has 1 saturated carbocycles. The maximum atomic E-state index is 12.0. The van der Waals surface area contributed by atoms with Crippen molar-refractivity contribution >= 4 is 15.8 Å². The number of carbonyl (C=O) groups excluding carboxylic acids is 1. The summed E-state index contributed by atoms with van der Waals surface area (Å²) in [6.07, 6.45) is 4.89. The van der Waals surface area contributed by atoms with Gasteiger partial charge in [-0.25, -0.2) is 13.1 Å². The predicted molar refractivity (Wildman–Crippen MR) is 63.7 cm³/mol. The van der Waals surface area contributed by atoms with Crippen LogP contribution in [0.2, 0.25) is 0 Å². The van der Waals surface area contributed by atoms with Gasteiger partial charge < -0.3 is 0 Å². The Hall–Kier alpha value is -0.420. The number of nitrogens with one attached hydrogen (secondary N) is 1. The number of Topliss-reactive ketones (excluding diaryl/α,β-unsaturated/α-hetero) is 1. The topological polar surface area (TPSA) is 63.2 Å². The molecule has 1 rings (SSSR count). The van der Waals surface area contributed by atoms with E-state index in [2.05, 4.69) is 4.72 Å². The maximum absolute atomic E-state index is 12.0. The van der Waals surface area contributed by atoms with Gasteiger partial charge >= 0.3 is 0 Å². The van der Waals surface area contributed by atoms with Gasteiger partial charge in [0.05, 0.1) is 11.3 Å². The summed E-state index contributed by atoms with van der Waals surface area (Å²) in [6, 6.07) is -0.586. The Morgan fingerprint density at radius 3 is 2.38 bits per heavy atom. The number of carbonyl (C=O) groups is 1. The van der Waals surface area contributed by atoms with Crippen LogP contribution in [-0.4, -0.2) is 25.5 Å². The molecule has 4 nitrogen and oxygen atoms in total. The van der Waals surface area contributed by atoms with Crippen LogP contribution in [0.5, 0.6) is 0 Å². The molecule has 0 saturated heterocycles. The van der Waals surface area contributed by atoms with Gasteiger partial charge in [0, 0.05) is 6.42 Å². The van der Waals surface area contributed by atoms with Crippen molar-refractivity contribution in [3.63, 3.8) is 0 Å². The van der Waals surface area contributed by atoms with Gasteiger partial charge in [-0.1, -0.05) is 26.2 Å². The highest BCUT2D eigenvalue weighted by molar-refractivity contribution is 7.90. The van der Waals surface area contributed by atoms with E-state index < -0.39 is 16.1 Å². The fourth-order valence-corrected chi connectivity index (χ4v) is 3.86. The van der Waals surface area contributed by atoms with Gasteiger partial charge in [0.25, 0.3) is 0 Å². The second-order valence-electron chi connectivity index (χ2n) is 4.46. The van der Waals surface area contributed by atoms with Gasteiger partial charge in [-0.05, 0) is 19.8 Å². The van der Waals surface area contributed by atoms with Crippen molar-refractivity contribution in [2.75, 3.05) is 0 Å². The summed E-state index contributed by atoms with van der Waals surface area (Å²) in [6.45, 7) is 3.36. The Morgan fingerprint density at radius 1 is 1.31 bits per heavy atom. The van der Waals surface area contributed by atoms with E-state index in [0.717, 1.165) is 32.1 Å². The molecule has 1 atom stereocenters. The van der Waals surface area contributed by atoms with Crippen molar-refractivity contribution < 1.29 is 13.2 Å². The van der Waals surface area contributed by atoms with E-state index in [9.17, 15) is 13.2 Å². The molecule has 1 N–H and O–H groups in total. The Morgan fingerprint density at radius 2 is 1.88 bits per heavy atom. The van der Waals surface area contributed by atoms with Crippen molar-refractivity contribution in [1.82, 2.24) is 4.72 Å². The van der Waals surface area contributed by atoms with Crippen molar-refractivity contribution in [3.8, 4) is 0 Å². The molecule has 5 heteroatoms. The molecule has 1 fully saturated rings. The van der Waals surface area contributed by atoms with Crippen LogP contribution in [-0.2, 0) is 14.8 Å². The monoisotopic (exact) mass is 247 g/mol. The molecule has 0 radical (unpaired) electrons. The predicted octanol–water partition coefficient (Wildman–Crippen LogP) is 1.61. The Kier molecular flexibility index (Phi) is 4.92. The van der Waals surface area contributed by atoms with Crippen molar-refractivity contribution in [2.24, 2.45) is 0 Å². The molecule has 0 aromatic carbocycles. The van der Waals surface area contributed by atoms with Gasteiger partial charge in [-0.15, -0.1) is 0 Å². The average molecular weight is 247 g/mol. The smallest absolute Gasteiger partial charge is 0.215 e. The lowest BCUT2D eigenvalue weighted by molar-refractivity contribution is -0.119. The van der Waals surface area contributed by atoms with Crippen molar-refractivity contribution in [2.45, 2.75) is 63.7 Å². The van der Waals surface area contributed by atoms with E-state index in [4.69, 9.17) is 0 Å². The fraction of sp³-hybridized carbons (Fsp3) is 0.909. The highest BCUT2D eigenvalue weighted by Crippen LogP contribution is 2.23. The molecular weight excluding hydrogens is 226 g/mol. The first kappa shape index (κ1) is 13.6. The zero-order chi connectivity index (χ0) is 12.2. The first-order valence-electron chi connectivity index (χ1n) is 6.01. The Bertz CT molecular complexity index is 331. The summed E-state index contributed by atoms with van der Waals surface area (Å²) in [5, 5.41) is -0.298. The zero-order valence-electron chi connectivity index (χ0n) is 10.0. The number of hydrogen-bond acceptors (Lipinski definition) is 3. The SMILES string of the molecule is CCC(=O)C(C)NS(=O)(=O)C1CCCCC1. The van der Waals surface area contributed by atoms with Crippen molar-refractivity contribution in [3.05, 3.63) is 0 Å². The third-order valence-corrected chi connectivity index (χ3v) is 5.19. The molecule has 1 unspecified atom stereocenters. The number of hydrogen-bond donors (Lipinski definition) is 1. The Labute approximate surface area is 97.9 Å². The number of rotatable bonds is 5. The van der Waals surface area contributed by atoms with Crippen LogP contribution in [0.25, 0.3) is 0 Å². The molecule has 1 aliphatic rings. The molecule has 0 aromatic heterocycles. The average Bonchev–Trinajstić information content (AvgIpc) is 2.28. The molecule has 0 aliphatic heterocycles. The second kappa shape index (κ2) is 5.77. The largest absolute Gasteiger partial charge is 0.298 e. The van der Waals surface area contributed by atoms with Crippen LogP contribution in [0, 0.1) is 0 Å². The van der Waals surface area contributed by atoms with E-state index >= 15 is 0 Å². The molecule has 0 spiro atoms. The highest BCUT2D eigenvalue weighted by Gasteiger charge is 2.29. The zero-order valence-corrected chi connectivity index (χ0v) is 10.8. The third kappa shape index (κ3) is 3.56. The van der Waals surface area contributed by atoms with Crippen LogP contribution >= 0.6 is 0 Å². The van der Waals surface area contributed by atoms with Crippen LogP contribution in [0.15, 0.2) is 0 Å². The minimum absolute atomic E-state index is 0.0561. The van der Waals surface area contributed by atoms with Crippen LogP contribution < -0.4 is 4.72 Å². The molecule has 1 aliphatic carbocycles.